The Bertz CT molecular complexity index is 1740. The largest absolute Gasteiger partial charge is 0.444 e. The molecular formula is C43H59N5O8. The number of ether oxygens (including phenoxy) is 1. The molecule has 6 atom stereocenters. The lowest BCUT2D eigenvalue weighted by Crippen LogP contribution is -2.66. The van der Waals surface area contributed by atoms with E-state index in [0.29, 0.717) is 22.4 Å². The highest BCUT2D eigenvalue weighted by molar-refractivity contribution is 6.00. The molecule has 0 aromatic heterocycles. The number of hydrogen-bond donors (Lipinski definition) is 6. The van der Waals surface area contributed by atoms with E-state index in [1.165, 1.54) is 13.8 Å². The Kier molecular flexibility index (Phi) is 17.8. The van der Waals surface area contributed by atoms with Crippen molar-refractivity contribution in [1.82, 2.24) is 15.5 Å². The number of Topliss-reactive ketones (excluding diaryl/α,β-unsaturated/α-hetero) is 1. The third-order valence-corrected chi connectivity index (χ3v) is 9.94. The molecule has 0 saturated carbocycles. The fraction of sp³-hybridized carbons (Fsp3) is 0.465. The molecular weight excluding hydrogens is 714 g/mol. The molecule has 0 radical (unpaired) electrons. The molecule has 0 aliphatic carbocycles. The minimum atomic E-state index is -1.94. The number of benzene rings is 3. The third-order valence-electron chi connectivity index (χ3n) is 9.94. The first-order valence-corrected chi connectivity index (χ1v) is 19.3. The summed E-state index contributed by atoms with van der Waals surface area (Å²) in [5, 5.41) is 27.1. The second kappa shape index (κ2) is 22.0. The molecule has 3 rings (SSSR count). The van der Waals surface area contributed by atoms with Crippen LogP contribution in [0.4, 0.5) is 4.79 Å². The highest BCUT2D eigenvalue weighted by Crippen LogP contribution is 2.30. The first kappa shape index (κ1) is 45.4. The number of rotatable bonds is 21. The zero-order chi connectivity index (χ0) is 41.4. The van der Waals surface area contributed by atoms with Crippen molar-refractivity contribution < 1.29 is 38.9 Å². The van der Waals surface area contributed by atoms with E-state index in [1.54, 1.807) is 50.2 Å². The monoisotopic (exact) mass is 773 g/mol. The fourth-order valence-electron chi connectivity index (χ4n) is 6.42. The van der Waals surface area contributed by atoms with Gasteiger partial charge in [-0.1, -0.05) is 125 Å². The van der Waals surface area contributed by atoms with Gasteiger partial charge in [0.1, 0.15) is 24.3 Å². The molecule has 0 fully saturated rings. The van der Waals surface area contributed by atoms with Crippen molar-refractivity contribution in [3.05, 3.63) is 96.1 Å². The van der Waals surface area contributed by atoms with Gasteiger partial charge < -0.3 is 37.1 Å². The van der Waals surface area contributed by atoms with Gasteiger partial charge in [0.2, 0.25) is 17.7 Å². The zero-order valence-electron chi connectivity index (χ0n) is 33.1. The molecule has 3 aromatic carbocycles. The average molecular weight is 774 g/mol. The molecule has 0 aliphatic rings. The molecule has 4 amide bonds. The number of ketones is 1. The number of nitrogens with one attached hydrogen (secondary N) is 2. The van der Waals surface area contributed by atoms with Crippen LogP contribution in [-0.2, 0) is 36.9 Å². The Morgan fingerprint density at radius 1 is 0.875 bits per heavy atom. The van der Waals surface area contributed by atoms with Crippen LogP contribution in [0.1, 0.15) is 71.4 Å². The lowest BCUT2D eigenvalue weighted by Gasteiger charge is -2.38. The number of nitrogens with two attached hydrogens (primary N) is 2. The minimum absolute atomic E-state index is 0.125. The summed E-state index contributed by atoms with van der Waals surface area (Å²) in [5.74, 6) is -4.54. The van der Waals surface area contributed by atoms with Crippen molar-refractivity contribution in [3.8, 4) is 11.1 Å². The van der Waals surface area contributed by atoms with Crippen LogP contribution in [0.2, 0.25) is 0 Å². The van der Waals surface area contributed by atoms with Gasteiger partial charge >= 0.3 is 6.09 Å². The molecule has 0 aliphatic heterocycles. The van der Waals surface area contributed by atoms with Crippen molar-refractivity contribution >= 4 is 29.6 Å². The summed E-state index contributed by atoms with van der Waals surface area (Å²) in [7, 11) is 0. The smallest absolute Gasteiger partial charge is 0.417 e. The van der Waals surface area contributed by atoms with E-state index in [0.717, 1.165) is 24.0 Å². The summed E-state index contributed by atoms with van der Waals surface area (Å²) in [6.45, 7) is 7.01. The number of imide groups is 1. The van der Waals surface area contributed by atoms with E-state index in [1.807, 2.05) is 55.5 Å². The number of hydrogen-bond acceptors (Lipinski definition) is 10. The summed E-state index contributed by atoms with van der Waals surface area (Å²) in [5.41, 5.74) is 14.0. The summed E-state index contributed by atoms with van der Waals surface area (Å²) in [6.07, 6.45) is 0.129. The number of carbonyl (C=O) groups excluding carboxylic acids is 5. The van der Waals surface area contributed by atoms with Crippen molar-refractivity contribution in [3.63, 3.8) is 0 Å². The molecule has 13 nitrogen and oxygen atoms in total. The molecule has 304 valence electrons. The summed E-state index contributed by atoms with van der Waals surface area (Å²) < 4.78 is 5.37. The van der Waals surface area contributed by atoms with Gasteiger partial charge in [-0.3, -0.25) is 19.2 Å². The molecule has 0 heterocycles. The van der Waals surface area contributed by atoms with Crippen molar-refractivity contribution in [2.45, 2.75) is 103 Å². The number of aliphatic hydroxyl groups excluding tert-OH is 2. The Labute approximate surface area is 330 Å². The highest BCUT2D eigenvalue weighted by Gasteiger charge is 2.45. The molecule has 56 heavy (non-hydrogen) atoms. The van der Waals surface area contributed by atoms with Gasteiger partial charge in [0.05, 0.1) is 12.1 Å². The second-order valence-electron chi connectivity index (χ2n) is 14.7. The van der Waals surface area contributed by atoms with Crippen molar-refractivity contribution in [2.75, 3.05) is 13.2 Å². The third kappa shape index (κ3) is 12.3. The van der Waals surface area contributed by atoms with Crippen molar-refractivity contribution in [2.24, 2.45) is 23.3 Å². The lowest BCUT2D eigenvalue weighted by atomic mass is 9.77. The van der Waals surface area contributed by atoms with Gasteiger partial charge in [-0.05, 0) is 48.4 Å². The number of amides is 4. The molecule has 3 aromatic rings. The quantitative estimate of drug-likeness (QED) is 0.0860. The number of aliphatic hydroxyl groups is 2. The van der Waals surface area contributed by atoms with E-state index in [4.69, 9.17) is 16.2 Å². The maximum atomic E-state index is 14.5. The van der Waals surface area contributed by atoms with Crippen LogP contribution in [-0.4, -0.2) is 87.6 Å². The van der Waals surface area contributed by atoms with Gasteiger partial charge in [-0.15, -0.1) is 0 Å². The van der Waals surface area contributed by atoms with E-state index in [2.05, 4.69) is 10.6 Å². The molecule has 3 unspecified atom stereocenters. The predicted molar refractivity (Wildman–Crippen MR) is 215 cm³/mol. The molecule has 0 spiro atoms. The van der Waals surface area contributed by atoms with Gasteiger partial charge in [0.25, 0.3) is 0 Å². The maximum absolute atomic E-state index is 14.5. The number of unbranched alkanes of at least 4 members (excludes halogenated alkanes) is 2. The second-order valence-corrected chi connectivity index (χ2v) is 14.7. The Morgan fingerprint density at radius 2 is 1.48 bits per heavy atom. The lowest BCUT2D eigenvalue weighted by molar-refractivity contribution is -0.139. The standard InChI is InChI=1S/C43H59N5O8/c1-6-7-10-23-36(50)38(51)37(28(2)3)47-41(54)43(45,24-33-21-15-16-22-35(33)32-19-13-9-14-20-32)34(26-49)25-46-39(52)30(5)48(40(53)29(4)44)42(55)56-27-31-17-11-8-12-18-31/h8-9,11-22,28-30,34,36-37,49-50H,6-7,10,23-27,44-45H2,1-5H3,(H,46,52)(H,47,54)/t29-,30-,34?,36?,37?,43+/m0/s1. The summed E-state index contributed by atoms with van der Waals surface area (Å²) >= 11 is 0. The van der Waals surface area contributed by atoms with Gasteiger partial charge in [-0.2, -0.15) is 0 Å². The van der Waals surface area contributed by atoms with Gasteiger partial charge in [-0.25, -0.2) is 9.69 Å². The summed E-state index contributed by atoms with van der Waals surface area (Å²) in [6, 6.07) is 21.9. The van der Waals surface area contributed by atoms with Crippen LogP contribution < -0.4 is 22.1 Å². The van der Waals surface area contributed by atoms with Gasteiger partial charge in [0, 0.05) is 25.5 Å². The first-order chi connectivity index (χ1) is 26.7. The van der Waals surface area contributed by atoms with Crippen LogP contribution in [0, 0.1) is 11.8 Å². The minimum Gasteiger partial charge on any atom is -0.444 e. The van der Waals surface area contributed by atoms with Crippen LogP contribution >= 0.6 is 0 Å². The molecule has 0 bridgehead atoms. The normalized spacial score (nSPS) is 15.0. The maximum Gasteiger partial charge on any atom is 0.417 e. The topological polar surface area (TPSA) is 214 Å². The van der Waals surface area contributed by atoms with Crippen LogP contribution in [0.5, 0.6) is 0 Å². The Balaban J connectivity index is 1.95. The highest BCUT2D eigenvalue weighted by atomic mass is 16.6. The van der Waals surface area contributed by atoms with Gasteiger partial charge in [0.15, 0.2) is 5.78 Å². The van der Waals surface area contributed by atoms with E-state index in [-0.39, 0.29) is 26.0 Å². The van der Waals surface area contributed by atoms with E-state index in [9.17, 15) is 34.2 Å². The van der Waals surface area contributed by atoms with E-state index >= 15 is 0 Å². The molecule has 13 heteroatoms. The average Bonchev–Trinajstić information content (AvgIpc) is 3.19. The zero-order valence-corrected chi connectivity index (χ0v) is 33.1. The number of carbonyl (C=O) groups is 5. The Morgan fingerprint density at radius 3 is 2.07 bits per heavy atom. The van der Waals surface area contributed by atoms with Crippen LogP contribution in [0.3, 0.4) is 0 Å². The predicted octanol–water partition coefficient (Wildman–Crippen LogP) is 3.87. The summed E-state index contributed by atoms with van der Waals surface area (Å²) in [4.78, 5) is 68.7. The van der Waals surface area contributed by atoms with Crippen molar-refractivity contribution in [1.29, 1.82) is 0 Å². The number of nitrogens with zero attached hydrogens (tertiary/aromatic N) is 1. The first-order valence-electron chi connectivity index (χ1n) is 19.3. The van der Waals surface area contributed by atoms with Crippen LogP contribution in [0.25, 0.3) is 11.1 Å². The molecule has 0 saturated heterocycles. The molecule has 8 N–H and O–H groups in total. The van der Waals surface area contributed by atoms with E-state index < -0.39 is 77.8 Å². The Hall–Kier alpha value is -4.95. The van der Waals surface area contributed by atoms with Crippen LogP contribution in [0.15, 0.2) is 84.9 Å². The SMILES string of the molecule is CCCCCC(O)C(=O)C(NC(=O)[C@@](N)(Cc1ccccc1-c1ccccc1)C(CO)CNC(=O)[C@H](C)N(C(=O)OCc1ccccc1)C(=O)[C@H](C)N)C(C)C. The fourth-order valence-corrected chi connectivity index (χ4v) is 6.42.